The van der Waals surface area contributed by atoms with Crippen LogP contribution in [0.5, 0.6) is 0 Å². The Hall–Kier alpha value is 0.651. The lowest BCUT2D eigenvalue weighted by atomic mass is 10.9. The lowest BCUT2D eigenvalue weighted by Gasteiger charge is -2.29. The van der Waals surface area contributed by atoms with Gasteiger partial charge in [-0.25, -0.2) is 0 Å². The zero-order valence-corrected chi connectivity index (χ0v) is 15.3. The van der Waals surface area contributed by atoms with E-state index in [1.54, 1.807) is 24.2 Å². The van der Waals surface area contributed by atoms with E-state index in [0.717, 1.165) is 0 Å². The molecule has 0 atom stereocenters. The first-order valence-electron chi connectivity index (χ1n) is 6.41. The summed E-state index contributed by atoms with van der Waals surface area (Å²) in [6.07, 6.45) is 0. The third-order valence-corrected chi connectivity index (χ3v) is 10.8. The Morgan fingerprint density at radius 3 is 0.933 bits per heavy atom. The summed E-state index contributed by atoms with van der Waals surface area (Å²) in [4.78, 5) is 0. The Labute approximate surface area is 101 Å². The van der Waals surface area contributed by atoms with Crippen LogP contribution < -0.4 is 0 Å². The van der Waals surface area contributed by atoms with E-state index >= 15 is 0 Å². The van der Waals surface area contributed by atoms with Gasteiger partial charge < -0.3 is 0 Å². The second kappa shape index (κ2) is 5.32. The van der Waals surface area contributed by atoms with Crippen LogP contribution in [0.3, 0.4) is 0 Å². The van der Waals surface area contributed by atoms with Crippen molar-refractivity contribution in [3.8, 4) is 0 Å². The Bertz CT molecular complexity index is 164. The van der Waals surface area contributed by atoms with Gasteiger partial charge in [-0.1, -0.05) is 76.6 Å². The minimum absolute atomic E-state index is 0.796. The smallest absolute Gasteiger partial charge is 0.0468 e. The van der Waals surface area contributed by atoms with Crippen LogP contribution in [-0.2, 0) is 0 Å². The first kappa shape index (κ1) is 15.7. The SMILES string of the molecule is C[Si](C)(C)CC[Si](C)(C)CC[Si](C)(C)C. The molecule has 0 aromatic carbocycles. The molecule has 0 amide bonds. The second-order valence-electron chi connectivity index (χ2n) is 8.29. The maximum atomic E-state index is 2.60. The maximum Gasteiger partial charge on any atom is 0.0468 e. The quantitative estimate of drug-likeness (QED) is 0.563. The van der Waals surface area contributed by atoms with Gasteiger partial charge in [0.25, 0.3) is 0 Å². The molecule has 15 heavy (non-hydrogen) atoms. The molecule has 0 spiro atoms. The van der Waals surface area contributed by atoms with Crippen molar-refractivity contribution in [1.82, 2.24) is 0 Å². The first-order valence-corrected chi connectivity index (χ1v) is 17.2. The van der Waals surface area contributed by atoms with Gasteiger partial charge >= 0.3 is 0 Å². The molecule has 92 valence electrons. The van der Waals surface area contributed by atoms with Crippen molar-refractivity contribution in [2.45, 2.75) is 76.6 Å². The van der Waals surface area contributed by atoms with Crippen LogP contribution in [0.15, 0.2) is 0 Å². The van der Waals surface area contributed by atoms with E-state index in [9.17, 15) is 0 Å². The molecule has 0 saturated carbocycles. The van der Waals surface area contributed by atoms with Crippen molar-refractivity contribution in [3.05, 3.63) is 0 Å². The Kier molecular flexibility index (Phi) is 5.55. The summed E-state index contributed by atoms with van der Waals surface area (Å²) in [5.41, 5.74) is 0. The van der Waals surface area contributed by atoms with Gasteiger partial charge in [0.15, 0.2) is 0 Å². The number of hydrogen-bond acceptors (Lipinski definition) is 0. The molecule has 0 aliphatic heterocycles. The molecule has 0 aromatic rings. The Balaban J connectivity index is 3.98. The normalized spacial score (nSPS) is 14.4. The molecule has 0 N–H and O–H groups in total. The van der Waals surface area contributed by atoms with Crippen molar-refractivity contribution in [3.63, 3.8) is 0 Å². The average molecular weight is 261 g/mol. The van der Waals surface area contributed by atoms with Gasteiger partial charge in [0, 0.05) is 24.2 Å². The Morgan fingerprint density at radius 1 is 0.467 bits per heavy atom. The summed E-state index contributed by atoms with van der Waals surface area (Å²) in [6.45, 7) is 20.3. The fourth-order valence-corrected chi connectivity index (χ4v) is 13.2. The summed E-state index contributed by atoms with van der Waals surface area (Å²) in [7, 11) is -2.45. The number of rotatable bonds is 6. The van der Waals surface area contributed by atoms with Gasteiger partial charge in [-0.15, -0.1) is 0 Å². The summed E-state index contributed by atoms with van der Waals surface area (Å²) in [5, 5.41) is 0. The van der Waals surface area contributed by atoms with E-state index in [-0.39, 0.29) is 0 Å². The largest absolute Gasteiger partial charge is 0.0696 e. The zero-order chi connectivity index (χ0) is 12.3. The molecule has 0 saturated heterocycles. The van der Waals surface area contributed by atoms with Crippen LogP contribution in [0.25, 0.3) is 0 Å². The average Bonchev–Trinajstić information content (AvgIpc) is 1.96. The standard InChI is InChI=1S/C12H32Si3/c1-13(2,3)9-11-15(7,8)12-10-14(4,5)6/h9-12H2,1-8H3. The van der Waals surface area contributed by atoms with Crippen molar-refractivity contribution < 1.29 is 0 Å². The first-order chi connectivity index (χ1) is 6.41. The highest BCUT2D eigenvalue weighted by atomic mass is 28.3. The van der Waals surface area contributed by atoms with Gasteiger partial charge in [-0.2, -0.15) is 0 Å². The van der Waals surface area contributed by atoms with Crippen LogP contribution >= 0.6 is 0 Å². The van der Waals surface area contributed by atoms with E-state index in [1.165, 1.54) is 0 Å². The topological polar surface area (TPSA) is 0 Å². The predicted molar refractivity (Wildman–Crippen MR) is 83.4 cm³/mol. The lowest BCUT2D eigenvalue weighted by Crippen LogP contribution is -2.32. The fourth-order valence-electron chi connectivity index (χ4n) is 1.55. The maximum absolute atomic E-state index is 2.60. The van der Waals surface area contributed by atoms with Gasteiger partial charge in [-0.05, 0) is 0 Å². The molecule has 0 radical (unpaired) electrons. The Morgan fingerprint density at radius 2 is 0.733 bits per heavy atom. The van der Waals surface area contributed by atoms with Crippen molar-refractivity contribution in [1.29, 1.82) is 0 Å². The van der Waals surface area contributed by atoms with Gasteiger partial charge in [-0.3, -0.25) is 0 Å². The molecule has 0 unspecified atom stereocenters. The van der Waals surface area contributed by atoms with Crippen LogP contribution in [0.4, 0.5) is 0 Å². The highest BCUT2D eigenvalue weighted by molar-refractivity contribution is 6.84. The van der Waals surface area contributed by atoms with Gasteiger partial charge in [0.2, 0.25) is 0 Å². The van der Waals surface area contributed by atoms with Gasteiger partial charge in [0.05, 0.1) is 0 Å². The van der Waals surface area contributed by atoms with Crippen LogP contribution in [0, 0.1) is 0 Å². The summed E-state index contributed by atoms with van der Waals surface area (Å²) < 4.78 is 0. The molecule has 0 heterocycles. The molecule has 0 aromatic heterocycles. The minimum Gasteiger partial charge on any atom is -0.0696 e. The van der Waals surface area contributed by atoms with Crippen LogP contribution in [0.2, 0.25) is 76.6 Å². The molecular formula is C12H32Si3. The molecule has 0 bridgehead atoms. The van der Waals surface area contributed by atoms with Crippen molar-refractivity contribution in [2.75, 3.05) is 0 Å². The third kappa shape index (κ3) is 10.9. The van der Waals surface area contributed by atoms with Crippen LogP contribution in [-0.4, -0.2) is 24.2 Å². The van der Waals surface area contributed by atoms with E-state index < -0.39 is 24.2 Å². The molecule has 0 aliphatic carbocycles. The predicted octanol–water partition coefficient (Wildman–Crippen LogP) is 5.37. The fraction of sp³-hybridized carbons (Fsp3) is 1.00. The second-order valence-corrected chi connectivity index (χ2v) is 24.9. The monoisotopic (exact) mass is 260 g/mol. The van der Waals surface area contributed by atoms with E-state index in [0.29, 0.717) is 0 Å². The molecule has 0 aliphatic rings. The van der Waals surface area contributed by atoms with E-state index in [4.69, 9.17) is 0 Å². The molecule has 0 fully saturated rings. The van der Waals surface area contributed by atoms with Gasteiger partial charge in [0.1, 0.15) is 0 Å². The lowest BCUT2D eigenvalue weighted by molar-refractivity contribution is 1.19. The third-order valence-electron chi connectivity index (χ3n) is 3.10. The van der Waals surface area contributed by atoms with Crippen molar-refractivity contribution >= 4 is 24.2 Å². The summed E-state index contributed by atoms with van der Waals surface area (Å²) in [6, 6.07) is 6.26. The minimum atomic E-state index is -0.853. The molecular weight excluding hydrogens is 228 g/mol. The van der Waals surface area contributed by atoms with E-state index in [2.05, 4.69) is 52.4 Å². The van der Waals surface area contributed by atoms with Crippen molar-refractivity contribution in [2.24, 2.45) is 0 Å². The highest BCUT2D eigenvalue weighted by Crippen LogP contribution is 2.27. The molecule has 0 nitrogen and oxygen atoms in total. The highest BCUT2D eigenvalue weighted by Gasteiger charge is 2.26. The molecule has 3 heteroatoms. The zero-order valence-electron chi connectivity index (χ0n) is 12.3. The van der Waals surface area contributed by atoms with Crippen LogP contribution in [0.1, 0.15) is 0 Å². The number of hydrogen-bond donors (Lipinski definition) is 0. The summed E-state index contributed by atoms with van der Waals surface area (Å²) in [5.74, 6) is 0. The van der Waals surface area contributed by atoms with E-state index in [1.807, 2.05) is 0 Å². The molecule has 0 rings (SSSR count). The summed E-state index contributed by atoms with van der Waals surface area (Å²) >= 11 is 0.